The van der Waals surface area contributed by atoms with E-state index in [1.807, 2.05) is 64.1 Å². The fraction of sp³-hybridized carbons (Fsp3) is 0.353. The van der Waals surface area contributed by atoms with E-state index < -0.39 is 38.0 Å². The van der Waals surface area contributed by atoms with Crippen molar-refractivity contribution in [3.63, 3.8) is 0 Å². The number of hydrogen-bond donors (Lipinski definition) is 4. The molecule has 0 fully saturated rings. The molecule has 0 saturated carbocycles. The van der Waals surface area contributed by atoms with Gasteiger partial charge in [0.1, 0.15) is 6.04 Å². The molecule has 13 nitrogen and oxygen atoms in total. The summed E-state index contributed by atoms with van der Waals surface area (Å²) in [6.45, 7) is 7.35. The Kier molecular flexibility index (Phi) is 12.4. The SMILES string of the molecule is CC(C)CN(NOC(=O)[C@@H](N)CCCN(C(=N)N)N(CC(C)C)S(=O)(=O)c1cccc2ccccc12)S(=O)(=O)c1cccc2ccccc12. The van der Waals surface area contributed by atoms with E-state index in [2.05, 4.69) is 5.59 Å². The van der Waals surface area contributed by atoms with Crippen molar-refractivity contribution in [1.82, 2.24) is 19.4 Å². The quantitative estimate of drug-likeness (QED) is 0.0745. The van der Waals surface area contributed by atoms with Crippen molar-refractivity contribution in [3.8, 4) is 0 Å². The van der Waals surface area contributed by atoms with E-state index in [-0.39, 0.29) is 54.1 Å². The van der Waals surface area contributed by atoms with E-state index in [0.717, 1.165) is 24.6 Å². The van der Waals surface area contributed by atoms with Gasteiger partial charge < -0.3 is 16.3 Å². The molecular formula is C34H45N7O6S2. The molecule has 0 heterocycles. The van der Waals surface area contributed by atoms with Crippen LogP contribution >= 0.6 is 0 Å². The lowest BCUT2D eigenvalue weighted by atomic mass is 10.1. The van der Waals surface area contributed by atoms with Crippen molar-refractivity contribution in [2.24, 2.45) is 23.3 Å². The molecule has 0 bridgehead atoms. The average molecular weight is 712 g/mol. The minimum absolute atomic E-state index is 0.00148. The Balaban J connectivity index is 1.46. The third kappa shape index (κ3) is 8.92. The highest BCUT2D eigenvalue weighted by atomic mass is 32.2. The van der Waals surface area contributed by atoms with Gasteiger partial charge in [-0.1, -0.05) is 106 Å². The van der Waals surface area contributed by atoms with Crippen LogP contribution in [0, 0.1) is 17.2 Å². The Hall–Kier alpha value is -4.12. The van der Waals surface area contributed by atoms with E-state index in [0.29, 0.717) is 10.8 Å². The predicted octanol–water partition coefficient (Wildman–Crippen LogP) is 4.17. The second-order valence-electron chi connectivity index (χ2n) is 12.6. The van der Waals surface area contributed by atoms with E-state index >= 15 is 0 Å². The monoisotopic (exact) mass is 711 g/mol. The second kappa shape index (κ2) is 16.1. The Morgan fingerprint density at radius 3 is 1.78 bits per heavy atom. The lowest BCUT2D eigenvalue weighted by Crippen LogP contribution is -2.54. The third-order valence-electron chi connectivity index (χ3n) is 7.66. The molecular weight excluding hydrogens is 667 g/mol. The predicted molar refractivity (Wildman–Crippen MR) is 190 cm³/mol. The topological polar surface area (TPSA) is 192 Å². The van der Waals surface area contributed by atoms with E-state index in [4.69, 9.17) is 21.7 Å². The van der Waals surface area contributed by atoms with Crippen LogP contribution in [0.4, 0.5) is 0 Å². The van der Waals surface area contributed by atoms with Crippen LogP contribution in [0.15, 0.2) is 94.7 Å². The Labute approximate surface area is 288 Å². The van der Waals surface area contributed by atoms with Crippen LogP contribution in [0.1, 0.15) is 40.5 Å². The molecule has 264 valence electrons. The van der Waals surface area contributed by atoms with Gasteiger partial charge in [-0.3, -0.25) is 10.4 Å². The van der Waals surface area contributed by atoms with Crippen LogP contribution in [0.5, 0.6) is 0 Å². The Morgan fingerprint density at radius 2 is 1.27 bits per heavy atom. The highest BCUT2D eigenvalue weighted by Gasteiger charge is 2.33. The molecule has 0 aliphatic rings. The van der Waals surface area contributed by atoms with Crippen molar-refractivity contribution in [3.05, 3.63) is 84.9 Å². The number of rotatable bonds is 16. The Morgan fingerprint density at radius 1 is 0.776 bits per heavy atom. The van der Waals surface area contributed by atoms with Gasteiger partial charge in [-0.25, -0.2) is 21.6 Å². The number of carbonyl (C=O) groups excluding carboxylic acids is 1. The molecule has 4 aromatic rings. The third-order valence-corrected chi connectivity index (χ3v) is 11.2. The standard InChI is InChI=1S/C34H45N7O6S2/c1-24(2)22-40(48(43,44)31-19-9-14-26-12-5-7-16-28(26)31)38-47-33(42)30(35)18-11-21-39(34(36)37)41(23-25(3)4)49(45,46)32-20-10-15-27-13-6-8-17-29(27)32/h5-10,12-17,19-20,24-25,30,38H,11,18,21-23,35H2,1-4H3,(H3,36,37)/t30-/m0/s1. The van der Waals surface area contributed by atoms with E-state index in [1.54, 1.807) is 36.4 Å². The number of guanidine groups is 1. The smallest absolute Gasteiger partial charge is 0.343 e. The van der Waals surface area contributed by atoms with Crippen molar-refractivity contribution < 1.29 is 26.5 Å². The van der Waals surface area contributed by atoms with Gasteiger partial charge in [0.25, 0.3) is 20.0 Å². The molecule has 0 amide bonds. The summed E-state index contributed by atoms with van der Waals surface area (Å²) in [5.74, 6) is -1.65. The average Bonchev–Trinajstić information content (AvgIpc) is 3.06. The van der Waals surface area contributed by atoms with Gasteiger partial charge in [0, 0.05) is 30.4 Å². The molecule has 1 atom stereocenters. The van der Waals surface area contributed by atoms with E-state index in [9.17, 15) is 21.6 Å². The summed E-state index contributed by atoms with van der Waals surface area (Å²) in [5, 5.41) is 12.0. The molecule has 0 radical (unpaired) electrons. The summed E-state index contributed by atoms with van der Waals surface area (Å²) < 4.78 is 57.6. The molecule has 49 heavy (non-hydrogen) atoms. The maximum Gasteiger partial charge on any atom is 0.343 e. The van der Waals surface area contributed by atoms with Crippen molar-refractivity contribution in [1.29, 1.82) is 5.41 Å². The van der Waals surface area contributed by atoms with Gasteiger partial charge in [-0.2, -0.15) is 0 Å². The van der Waals surface area contributed by atoms with Crippen molar-refractivity contribution in [2.75, 3.05) is 19.6 Å². The number of sulfonamides is 2. The summed E-state index contributed by atoms with van der Waals surface area (Å²) in [4.78, 5) is 18.3. The molecule has 15 heteroatoms. The summed E-state index contributed by atoms with van der Waals surface area (Å²) in [7, 11) is -8.32. The first-order valence-electron chi connectivity index (χ1n) is 16.0. The van der Waals surface area contributed by atoms with E-state index in [1.165, 1.54) is 12.1 Å². The highest BCUT2D eigenvalue weighted by molar-refractivity contribution is 7.89. The molecule has 4 aromatic carbocycles. The maximum atomic E-state index is 14.1. The van der Waals surface area contributed by atoms with Crippen molar-refractivity contribution >= 4 is 53.5 Å². The molecule has 6 N–H and O–H groups in total. The molecule has 0 spiro atoms. The number of hydrogen-bond acceptors (Lipinski definition) is 9. The van der Waals surface area contributed by atoms with Crippen LogP contribution < -0.4 is 17.1 Å². The van der Waals surface area contributed by atoms with Crippen LogP contribution in [0.25, 0.3) is 21.5 Å². The second-order valence-corrected chi connectivity index (χ2v) is 16.2. The lowest BCUT2D eigenvalue weighted by Gasteiger charge is -2.35. The van der Waals surface area contributed by atoms with Crippen molar-refractivity contribution in [2.45, 2.75) is 56.4 Å². The van der Waals surface area contributed by atoms with Crippen LogP contribution in [-0.4, -0.2) is 68.3 Å². The van der Waals surface area contributed by atoms with Crippen LogP contribution in [0.3, 0.4) is 0 Å². The van der Waals surface area contributed by atoms with Gasteiger partial charge >= 0.3 is 5.97 Å². The summed E-state index contributed by atoms with van der Waals surface area (Å²) >= 11 is 0. The lowest BCUT2D eigenvalue weighted by molar-refractivity contribution is -0.161. The molecule has 4 rings (SSSR count). The first-order chi connectivity index (χ1) is 23.1. The zero-order valence-electron chi connectivity index (χ0n) is 28.1. The molecule has 0 aromatic heterocycles. The summed E-state index contributed by atoms with van der Waals surface area (Å²) in [5.41, 5.74) is 14.4. The molecule has 0 saturated heterocycles. The number of carbonyl (C=O) groups is 1. The van der Waals surface area contributed by atoms with Gasteiger partial charge in [-0.05, 0) is 47.6 Å². The minimum Gasteiger partial charge on any atom is -0.369 e. The molecule has 0 aliphatic heterocycles. The number of fused-ring (bicyclic) bond motifs is 2. The zero-order chi connectivity index (χ0) is 35.9. The molecule has 0 unspecified atom stereocenters. The summed E-state index contributed by atoms with van der Waals surface area (Å²) in [6.07, 6.45) is 0.174. The summed E-state index contributed by atoms with van der Waals surface area (Å²) in [6, 6.07) is 22.9. The first-order valence-corrected chi connectivity index (χ1v) is 18.9. The number of nitrogens with two attached hydrogens (primary N) is 2. The fourth-order valence-corrected chi connectivity index (χ4v) is 8.78. The Bertz CT molecular complexity index is 1990. The fourth-order valence-electron chi connectivity index (χ4n) is 5.33. The van der Waals surface area contributed by atoms with Gasteiger partial charge in [0.05, 0.1) is 9.79 Å². The highest BCUT2D eigenvalue weighted by Crippen LogP contribution is 2.28. The van der Waals surface area contributed by atoms with Gasteiger partial charge in [0.2, 0.25) is 5.96 Å². The minimum atomic E-state index is -4.17. The zero-order valence-corrected chi connectivity index (χ0v) is 29.7. The number of nitrogens with zero attached hydrogens (tertiary/aromatic N) is 3. The number of nitrogens with one attached hydrogen (secondary N) is 2. The largest absolute Gasteiger partial charge is 0.369 e. The van der Waals surface area contributed by atoms with Gasteiger partial charge in [0.15, 0.2) is 0 Å². The normalized spacial score (nSPS) is 13.1. The van der Waals surface area contributed by atoms with Crippen LogP contribution in [0.2, 0.25) is 0 Å². The maximum absolute atomic E-state index is 14.1. The van der Waals surface area contributed by atoms with Crippen LogP contribution in [-0.2, 0) is 29.7 Å². The molecule has 0 aliphatic carbocycles. The number of benzene rings is 4. The number of hydrazine groups is 2. The van der Waals surface area contributed by atoms with Gasteiger partial charge in [-0.15, -0.1) is 8.83 Å². The first kappa shape index (κ1) is 37.7.